The molecular formula is C19H18ClFN6O. The minimum absolute atomic E-state index is 0.0443. The summed E-state index contributed by atoms with van der Waals surface area (Å²) in [6, 6.07) is 7.94. The summed E-state index contributed by atoms with van der Waals surface area (Å²) in [4.78, 5) is 24.9. The number of carbonyl (C=O) groups excluding carboxylic acids is 1. The van der Waals surface area contributed by atoms with E-state index in [1.165, 1.54) is 23.1 Å². The van der Waals surface area contributed by atoms with Crippen LogP contribution in [0.25, 0.3) is 5.82 Å². The van der Waals surface area contributed by atoms with Gasteiger partial charge in [0.1, 0.15) is 18.5 Å². The minimum atomic E-state index is -0.340. The van der Waals surface area contributed by atoms with Gasteiger partial charge in [-0.2, -0.15) is 5.10 Å². The van der Waals surface area contributed by atoms with E-state index in [1.54, 1.807) is 30.7 Å². The van der Waals surface area contributed by atoms with Crippen molar-refractivity contribution in [2.75, 3.05) is 26.2 Å². The first kappa shape index (κ1) is 18.5. The molecule has 9 heteroatoms. The smallest absolute Gasteiger partial charge is 0.255 e. The van der Waals surface area contributed by atoms with Crippen LogP contribution in [0.3, 0.4) is 0 Å². The highest BCUT2D eigenvalue weighted by Crippen LogP contribution is 2.20. The van der Waals surface area contributed by atoms with Gasteiger partial charge >= 0.3 is 0 Å². The number of pyridine rings is 1. The van der Waals surface area contributed by atoms with E-state index < -0.39 is 0 Å². The highest BCUT2D eigenvalue weighted by Gasteiger charge is 2.23. The Morgan fingerprint density at radius 3 is 2.61 bits per heavy atom. The number of aromatic nitrogens is 4. The summed E-state index contributed by atoms with van der Waals surface area (Å²) in [6.45, 7) is 3.31. The Labute approximate surface area is 166 Å². The zero-order valence-electron chi connectivity index (χ0n) is 15.0. The molecule has 1 aliphatic heterocycles. The van der Waals surface area contributed by atoms with Crippen LogP contribution >= 0.6 is 11.6 Å². The second-order valence-corrected chi connectivity index (χ2v) is 6.96. The molecule has 1 aromatic carbocycles. The van der Waals surface area contributed by atoms with Crippen molar-refractivity contribution in [3.05, 3.63) is 71.2 Å². The van der Waals surface area contributed by atoms with Crippen molar-refractivity contribution in [3.8, 4) is 5.82 Å². The maximum absolute atomic E-state index is 13.2. The summed E-state index contributed by atoms with van der Waals surface area (Å²) in [5.41, 5.74) is 1.43. The molecule has 0 unspecified atom stereocenters. The van der Waals surface area contributed by atoms with Gasteiger partial charge in [0, 0.05) is 43.9 Å². The summed E-state index contributed by atoms with van der Waals surface area (Å²) >= 11 is 6.11. The molecule has 0 atom stereocenters. The molecule has 1 saturated heterocycles. The van der Waals surface area contributed by atoms with Crippen LogP contribution in [0, 0.1) is 5.82 Å². The van der Waals surface area contributed by atoms with E-state index >= 15 is 0 Å². The Kier molecular flexibility index (Phi) is 5.31. The first-order valence-electron chi connectivity index (χ1n) is 8.87. The molecule has 0 aliphatic carbocycles. The zero-order chi connectivity index (χ0) is 19.5. The molecule has 1 aliphatic rings. The van der Waals surface area contributed by atoms with Gasteiger partial charge in [-0.3, -0.25) is 9.69 Å². The summed E-state index contributed by atoms with van der Waals surface area (Å²) in [7, 11) is 0. The fourth-order valence-electron chi connectivity index (χ4n) is 3.16. The van der Waals surface area contributed by atoms with Crippen molar-refractivity contribution in [1.82, 2.24) is 29.5 Å². The van der Waals surface area contributed by atoms with Gasteiger partial charge in [0.2, 0.25) is 0 Å². The van der Waals surface area contributed by atoms with Crippen LogP contribution in [0.2, 0.25) is 5.02 Å². The number of hydrogen-bond acceptors (Lipinski definition) is 5. The van der Waals surface area contributed by atoms with Crippen LogP contribution in [0.1, 0.15) is 15.9 Å². The third-order valence-electron chi connectivity index (χ3n) is 4.72. The largest absolute Gasteiger partial charge is 0.336 e. The van der Waals surface area contributed by atoms with Crippen LogP contribution in [0.5, 0.6) is 0 Å². The Bertz CT molecular complexity index is 955. The quantitative estimate of drug-likeness (QED) is 0.672. The Morgan fingerprint density at radius 2 is 1.96 bits per heavy atom. The van der Waals surface area contributed by atoms with Crippen molar-refractivity contribution >= 4 is 17.5 Å². The number of carbonyl (C=O) groups is 1. The van der Waals surface area contributed by atoms with Gasteiger partial charge in [0.05, 0.1) is 5.56 Å². The Balaban J connectivity index is 1.35. The number of rotatable bonds is 4. The third-order valence-corrected chi connectivity index (χ3v) is 5.07. The predicted octanol–water partition coefficient (Wildman–Crippen LogP) is 2.41. The third kappa shape index (κ3) is 4.02. The van der Waals surface area contributed by atoms with Gasteiger partial charge < -0.3 is 4.90 Å². The molecule has 0 spiro atoms. The van der Waals surface area contributed by atoms with Crippen molar-refractivity contribution in [1.29, 1.82) is 0 Å². The monoisotopic (exact) mass is 400 g/mol. The fraction of sp³-hybridized carbons (Fsp3) is 0.263. The lowest BCUT2D eigenvalue weighted by molar-refractivity contribution is 0.0628. The number of nitrogens with zero attached hydrogens (tertiary/aromatic N) is 6. The number of halogens is 2. The van der Waals surface area contributed by atoms with Crippen molar-refractivity contribution < 1.29 is 9.18 Å². The maximum Gasteiger partial charge on any atom is 0.255 e. The number of hydrogen-bond donors (Lipinski definition) is 0. The predicted molar refractivity (Wildman–Crippen MR) is 102 cm³/mol. The molecule has 2 aromatic heterocycles. The summed E-state index contributed by atoms with van der Waals surface area (Å²) < 4.78 is 14.7. The average molecular weight is 401 g/mol. The Morgan fingerprint density at radius 1 is 1.14 bits per heavy atom. The first-order valence-corrected chi connectivity index (χ1v) is 9.24. The zero-order valence-corrected chi connectivity index (χ0v) is 15.8. The summed E-state index contributed by atoms with van der Waals surface area (Å²) in [5, 5.41) is 4.44. The molecular weight excluding hydrogens is 383 g/mol. The molecule has 0 N–H and O–H groups in total. The molecule has 4 rings (SSSR count). The lowest BCUT2D eigenvalue weighted by Gasteiger charge is -2.34. The van der Waals surface area contributed by atoms with Gasteiger partial charge in [-0.15, -0.1) is 0 Å². The standard InChI is InChI=1S/C19H18ClFN6O/c20-17-9-16(21)3-1-15(17)11-25-5-7-26(8-6-25)19(28)14-2-4-18(23-10-14)27-13-22-12-24-27/h1-4,9-10,12-13H,5-8,11H2. The first-order chi connectivity index (χ1) is 13.6. The molecule has 28 heavy (non-hydrogen) atoms. The fourth-order valence-corrected chi connectivity index (χ4v) is 3.38. The van der Waals surface area contributed by atoms with Crippen LogP contribution in [-0.4, -0.2) is 61.6 Å². The topological polar surface area (TPSA) is 67.2 Å². The molecule has 1 fully saturated rings. The van der Waals surface area contributed by atoms with E-state index in [0.717, 1.165) is 18.7 Å². The second-order valence-electron chi connectivity index (χ2n) is 6.55. The number of piperazine rings is 1. The number of benzene rings is 1. The highest BCUT2D eigenvalue weighted by molar-refractivity contribution is 6.31. The second kappa shape index (κ2) is 8.04. The van der Waals surface area contributed by atoms with E-state index in [-0.39, 0.29) is 11.7 Å². The van der Waals surface area contributed by atoms with Gasteiger partial charge in [-0.25, -0.2) is 19.0 Å². The molecule has 3 aromatic rings. The van der Waals surface area contributed by atoms with Crippen LogP contribution in [-0.2, 0) is 6.54 Å². The van der Waals surface area contributed by atoms with Crippen molar-refractivity contribution in [2.45, 2.75) is 6.54 Å². The molecule has 0 bridgehead atoms. The van der Waals surface area contributed by atoms with Crippen molar-refractivity contribution in [2.24, 2.45) is 0 Å². The van der Waals surface area contributed by atoms with Crippen LogP contribution < -0.4 is 0 Å². The lowest BCUT2D eigenvalue weighted by atomic mass is 10.1. The summed E-state index contributed by atoms with van der Waals surface area (Å²) in [5.74, 6) is 0.222. The van der Waals surface area contributed by atoms with Gasteiger partial charge in [-0.1, -0.05) is 17.7 Å². The lowest BCUT2D eigenvalue weighted by Crippen LogP contribution is -2.48. The molecule has 0 radical (unpaired) electrons. The maximum atomic E-state index is 13.2. The van der Waals surface area contributed by atoms with Gasteiger partial charge in [0.15, 0.2) is 5.82 Å². The summed E-state index contributed by atoms with van der Waals surface area (Å²) in [6.07, 6.45) is 4.54. The minimum Gasteiger partial charge on any atom is -0.336 e. The van der Waals surface area contributed by atoms with E-state index in [4.69, 9.17) is 11.6 Å². The van der Waals surface area contributed by atoms with Crippen LogP contribution in [0.4, 0.5) is 4.39 Å². The van der Waals surface area contributed by atoms with E-state index in [1.807, 2.05) is 4.90 Å². The van der Waals surface area contributed by atoms with Gasteiger partial charge in [-0.05, 0) is 29.8 Å². The molecule has 3 heterocycles. The molecule has 144 valence electrons. The highest BCUT2D eigenvalue weighted by atomic mass is 35.5. The molecule has 1 amide bonds. The van der Waals surface area contributed by atoms with E-state index in [0.29, 0.717) is 36.0 Å². The number of amides is 1. The SMILES string of the molecule is O=C(c1ccc(-n2cncn2)nc1)N1CCN(Cc2ccc(F)cc2Cl)CC1. The normalized spacial score (nSPS) is 15.0. The average Bonchev–Trinajstić information content (AvgIpc) is 3.25. The van der Waals surface area contributed by atoms with E-state index in [9.17, 15) is 9.18 Å². The molecule has 0 saturated carbocycles. The van der Waals surface area contributed by atoms with Gasteiger partial charge in [0.25, 0.3) is 5.91 Å². The van der Waals surface area contributed by atoms with E-state index in [2.05, 4.69) is 20.0 Å². The Hall–Kier alpha value is -2.84. The van der Waals surface area contributed by atoms with Crippen LogP contribution in [0.15, 0.2) is 49.2 Å². The molecule has 7 nitrogen and oxygen atoms in total. The van der Waals surface area contributed by atoms with Crippen molar-refractivity contribution in [3.63, 3.8) is 0 Å².